The molecule has 1 aromatic carbocycles. The molecule has 2 aromatic rings. The first kappa shape index (κ1) is 17.4. The summed E-state index contributed by atoms with van der Waals surface area (Å²) in [5.74, 6) is 1.05. The van der Waals surface area contributed by atoms with E-state index in [0.717, 1.165) is 42.7 Å². The monoisotopic (exact) mass is 368 g/mol. The summed E-state index contributed by atoms with van der Waals surface area (Å²) in [5, 5.41) is 5.12. The van der Waals surface area contributed by atoms with Crippen LogP contribution in [0.25, 0.3) is 10.9 Å². The molecule has 2 heterocycles. The Balaban J connectivity index is 1.60. The van der Waals surface area contributed by atoms with Crippen LogP contribution in [0.4, 0.5) is 5.82 Å². The minimum Gasteiger partial charge on any atom is -0.367 e. The van der Waals surface area contributed by atoms with Crippen LogP contribution in [0.1, 0.15) is 12.8 Å². The van der Waals surface area contributed by atoms with Gasteiger partial charge in [0, 0.05) is 42.3 Å². The van der Waals surface area contributed by atoms with E-state index in [2.05, 4.69) is 20.2 Å². The summed E-state index contributed by atoms with van der Waals surface area (Å²) in [7, 11) is -2.90. The molecule has 0 aliphatic carbocycles. The van der Waals surface area contributed by atoms with Gasteiger partial charge in [-0.1, -0.05) is 11.6 Å². The van der Waals surface area contributed by atoms with Gasteiger partial charge in [-0.3, -0.25) is 0 Å². The largest absolute Gasteiger partial charge is 0.367 e. The molecule has 1 N–H and O–H groups in total. The van der Waals surface area contributed by atoms with E-state index in [0.29, 0.717) is 17.6 Å². The standard InChI is InChI=1S/C16H21ClN4O2S/c1-24(22,23)9-8-21-6-4-13(5-7-21)20-16-14-3-2-12(17)10-15(14)18-11-19-16/h2-3,10-11,13H,4-9H2,1H3,(H,18,19,20). The lowest BCUT2D eigenvalue weighted by atomic mass is 10.0. The third-order valence-corrected chi connectivity index (χ3v) is 5.46. The van der Waals surface area contributed by atoms with E-state index in [1.807, 2.05) is 18.2 Å². The SMILES string of the molecule is CS(=O)(=O)CCN1CCC(Nc2ncnc3cc(Cl)ccc23)CC1. The molecule has 130 valence electrons. The molecule has 1 aromatic heterocycles. The molecule has 0 spiro atoms. The number of halogens is 1. The summed E-state index contributed by atoms with van der Waals surface area (Å²) in [4.78, 5) is 10.8. The second-order valence-electron chi connectivity index (χ2n) is 6.27. The first-order valence-corrected chi connectivity index (χ1v) is 10.4. The molecule has 0 saturated carbocycles. The Labute approximate surface area is 147 Å². The van der Waals surface area contributed by atoms with Crippen molar-refractivity contribution in [2.24, 2.45) is 0 Å². The number of hydrogen-bond acceptors (Lipinski definition) is 6. The second-order valence-corrected chi connectivity index (χ2v) is 8.97. The number of piperidine rings is 1. The molecular weight excluding hydrogens is 348 g/mol. The summed E-state index contributed by atoms with van der Waals surface area (Å²) in [5.41, 5.74) is 0.825. The number of hydrogen-bond donors (Lipinski definition) is 1. The van der Waals surface area contributed by atoms with Crippen molar-refractivity contribution in [3.63, 3.8) is 0 Å². The molecule has 3 rings (SSSR count). The van der Waals surface area contributed by atoms with Crippen LogP contribution in [0.5, 0.6) is 0 Å². The Morgan fingerprint density at radius 2 is 2.04 bits per heavy atom. The molecule has 6 nitrogen and oxygen atoms in total. The fraction of sp³-hybridized carbons (Fsp3) is 0.500. The fourth-order valence-electron chi connectivity index (χ4n) is 2.93. The summed E-state index contributed by atoms with van der Waals surface area (Å²) >= 11 is 6.01. The molecule has 0 bridgehead atoms. The molecule has 1 saturated heterocycles. The predicted molar refractivity (Wildman–Crippen MR) is 97.3 cm³/mol. The van der Waals surface area contributed by atoms with Gasteiger partial charge in [0.15, 0.2) is 0 Å². The van der Waals surface area contributed by atoms with E-state index in [1.54, 1.807) is 6.33 Å². The maximum Gasteiger partial charge on any atom is 0.148 e. The van der Waals surface area contributed by atoms with Gasteiger partial charge in [0.2, 0.25) is 0 Å². The molecule has 0 radical (unpaired) electrons. The van der Waals surface area contributed by atoms with E-state index < -0.39 is 9.84 Å². The van der Waals surface area contributed by atoms with Crippen molar-refractivity contribution in [1.82, 2.24) is 14.9 Å². The lowest BCUT2D eigenvalue weighted by Crippen LogP contribution is -2.41. The Morgan fingerprint density at radius 1 is 1.29 bits per heavy atom. The van der Waals surface area contributed by atoms with Crippen LogP contribution >= 0.6 is 11.6 Å². The third-order valence-electron chi connectivity index (χ3n) is 4.31. The van der Waals surface area contributed by atoms with Crippen molar-refractivity contribution in [3.05, 3.63) is 29.5 Å². The van der Waals surface area contributed by atoms with Crippen LogP contribution < -0.4 is 5.32 Å². The highest BCUT2D eigenvalue weighted by atomic mass is 35.5. The number of nitrogens with one attached hydrogen (secondary N) is 1. The van der Waals surface area contributed by atoms with Crippen molar-refractivity contribution in [2.75, 3.05) is 37.0 Å². The summed E-state index contributed by atoms with van der Waals surface area (Å²) in [6.45, 7) is 2.39. The third kappa shape index (κ3) is 4.55. The molecule has 0 atom stereocenters. The first-order valence-electron chi connectivity index (χ1n) is 7.97. The average molecular weight is 369 g/mol. The van der Waals surface area contributed by atoms with Gasteiger partial charge in [-0.2, -0.15) is 0 Å². The number of aromatic nitrogens is 2. The van der Waals surface area contributed by atoms with Crippen molar-refractivity contribution >= 4 is 38.2 Å². The van der Waals surface area contributed by atoms with E-state index in [4.69, 9.17) is 11.6 Å². The quantitative estimate of drug-likeness (QED) is 0.872. The van der Waals surface area contributed by atoms with E-state index >= 15 is 0 Å². The number of anilines is 1. The summed E-state index contributed by atoms with van der Waals surface area (Å²) < 4.78 is 22.5. The van der Waals surface area contributed by atoms with Gasteiger partial charge < -0.3 is 10.2 Å². The van der Waals surface area contributed by atoms with Crippen LogP contribution in [-0.2, 0) is 9.84 Å². The Morgan fingerprint density at radius 3 is 2.75 bits per heavy atom. The molecule has 24 heavy (non-hydrogen) atoms. The lowest BCUT2D eigenvalue weighted by molar-refractivity contribution is 0.230. The number of rotatable bonds is 5. The minimum absolute atomic E-state index is 0.225. The van der Waals surface area contributed by atoms with Crippen LogP contribution in [-0.4, -0.2) is 61.0 Å². The minimum atomic E-state index is -2.90. The van der Waals surface area contributed by atoms with Crippen LogP contribution in [0.3, 0.4) is 0 Å². The number of benzene rings is 1. The highest BCUT2D eigenvalue weighted by Crippen LogP contribution is 2.24. The van der Waals surface area contributed by atoms with Gasteiger partial charge >= 0.3 is 0 Å². The molecular formula is C16H21ClN4O2S. The number of sulfone groups is 1. The zero-order valence-corrected chi connectivity index (χ0v) is 15.1. The van der Waals surface area contributed by atoms with Crippen LogP contribution in [0.15, 0.2) is 24.5 Å². The first-order chi connectivity index (χ1) is 11.4. The molecule has 1 fully saturated rings. The van der Waals surface area contributed by atoms with Crippen LogP contribution in [0.2, 0.25) is 5.02 Å². The maximum absolute atomic E-state index is 11.3. The normalized spacial score (nSPS) is 17.2. The molecule has 1 aliphatic rings. The summed E-state index contributed by atoms with van der Waals surface area (Å²) in [6, 6.07) is 5.93. The molecule has 0 unspecified atom stereocenters. The topological polar surface area (TPSA) is 75.2 Å². The van der Waals surface area contributed by atoms with Crippen molar-refractivity contribution in [3.8, 4) is 0 Å². The van der Waals surface area contributed by atoms with Gasteiger partial charge in [-0.15, -0.1) is 0 Å². The Hall–Kier alpha value is -1.44. The molecule has 0 amide bonds. The fourth-order valence-corrected chi connectivity index (χ4v) is 3.69. The summed E-state index contributed by atoms with van der Waals surface area (Å²) in [6.07, 6.45) is 4.75. The van der Waals surface area contributed by atoms with E-state index in [1.165, 1.54) is 6.26 Å². The van der Waals surface area contributed by atoms with Crippen LogP contribution in [0, 0.1) is 0 Å². The number of fused-ring (bicyclic) bond motifs is 1. The molecule has 1 aliphatic heterocycles. The van der Waals surface area contributed by atoms with E-state index in [-0.39, 0.29) is 5.75 Å². The van der Waals surface area contributed by atoms with Gasteiger partial charge in [0.25, 0.3) is 0 Å². The van der Waals surface area contributed by atoms with Gasteiger partial charge in [-0.25, -0.2) is 18.4 Å². The van der Waals surface area contributed by atoms with E-state index in [9.17, 15) is 8.42 Å². The maximum atomic E-state index is 11.3. The van der Waals surface area contributed by atoms with Gasteiger partial charge in [0.1, 0.15) is 22.0 Å². The number of nitrogens with zero attached hydrogens (tertiary/aromatic N) is 3. The number of likely N-dealkylation sites (tertiary alicyclic amines) is 1. The zero-order chi connectivity index (χ0) is 17.2. The average Bonchev–Trinajstić information content (AvgIpc) is 2.53. The predicted octanol–water partition coefficient (Wildman–Crippen LogP) is 2.20. The Bertz CT molecular complexity index is 820. The van der Waals surface area contributed by atoms with Crippen molar-refractivity contribution in [2.45, 2.75) is 18.9 Å². The van der Waals surface area contributed by atoms with Gasteiger partial charge in [-0.05, 0) is 31.0 Å². The lowest BCUT2D eigenvalue weighted by Gasteiger charge is -2.32. The smallest absolute Gasteiger partial charge is 0.148 e. The highest BCUT2D eigenvalue weighted by molar-refractivity contribution is 7.90. The second kappa shape index (κ2) is 7.21. The Kier molecular flexibility index (Phi) is 5.22. The zero-order valence-electron chi connectivity index (χ0n) is 13.6. The van der Waals surface area contributed by atoms with Gasteiger partial charge in [0.05, 0.1) is 11.3 Å². The van der Waals surface area contributed by atoms with Crippen molar-refractivity contribution in [1.29, 1.82) is 0 Å². The molecule has 8 heteroatoms. The van der Waals surface area contributed by atoms with Crippen molar-refractivity contribution < 1.29 is 8.42 Å². The highest BCUT2D eigenvalue weighted by Gasteiger charge is 2.20.